The van der Waals surface area contributed by atoms with E-state index in [-0.39, 0.29) is 53.0 Å². The van der Waals surface area contributed by atoms with E-state index in [1.807, 2.05) is 20.8 Å². The van der Waals surface area contributed by atoms with Crippen molar-refractivity contribution in [3.05, 3.63) is 23.8 Å². The highest BCUT2D eigenvalue weighted by Gasteiger charge is 2.30. The van der Waals surface area contributed by atoms with Gasteiger partial charge in [-0.25, -0.2) is 13.1 Å². The van der Waals surface area contributed by atoms with Gasteiger partial charge in [0.25, 0.3) is 5.91 Å². The molecule has 1 aromatic carbocycles. The van der Waals surface area contributed by atoms with E-state index in [0.717, 1.165) is 25.7 Å². The molecule has 0 radical (unpaired) electrons. The van der Waals surface area contributed by atoms with Gasteiger partial charge >= 0.3 is 0 Å². The van der Waals surface area contributed by atoms with E-state index in [9.17, 15) is 13.2 Å². The third-order valence-electron chi connectivity index (χ3n) is 5.49. The first-order valence-electron chi connectivity index (χ1n) is 9.36. The summed E-state index contributed by atoms with van der Waals surface area (Å²) in [5.41, 5.74) is 5.50. The number of hydrogen-bond donors (Lipinski definition) is 3. The van der Waals surface area contributed by atoms with Crippen LogP contribution in [0, 0.1) is 5.92 Å². The number of carbonyl (C=O) groups is 1. The van der Waals surface area contributed by atoms with Crippen LogP contribution in [0.3, 0.4) is 0 Å². The van der Waals surface area contributed by atoms with E-state index in [2.05, 4.69) is 10.0 Å². The van der Waals surface area contributed by atoms with Crippen LogP contribution >= 0.6 is 12.4 Å². The molecule has 1 amide bonds. The Hall–Kier alpha value is -1.35. The minimum atomic E-state index is -3.79. The molecule has 28 heavy (non-hydrogen) atoms. The zero-order valence-electron chi connectivity index (χ0n) is 16.9. The Morgan fingerprint density at radius 2 is 1.93 bits per heavy atom. The van der Waals surface area contributed by atoms with E-state index in [1.165, 1.54) is 19.2 Å². The Kier molecular flexibility index (Phi) is 8.74. The van der Waals surface area contributed by atoms with Crippen molar-refractivity contribution >= 4 is 28.3 Å². The number of carbonyl (C=O) groups excluding carboxylic acids is 1. The van der Waals surface area contributed by atoms with Gasteiger partial charge in [0.15, 0.2) is 0 Å². The van der Waals surface area contributed by atoms with Crippen molar-refractivity contribution < 1.29 is 17.9 Å². The summed E-state index contributed by atoms with van der Waals surface area (Å²) in [5.74, 6) is -0.0314. The third-order valence-corrected chi connectivity index (χ3v) is 7.03. The molecule has 0 aliphatic heterocycles. The summed E-state index contributed by atoms with van der Waals surface area (Å²) < 4.78 is 33.6. The number of ether oxygens (including phenoxy) is 1. The van der Waals surface area contributed by atoms with Crippen LogP contribution in [0.25, 0.3) is 0 Å². The van der Waals surface area contributed by atoms with E-state index in [0.29, 0.717) is 0 Å². The van der Waals surface area contributed by atoms with Gasteiger partial charge in [-0.05, 0) is 43.9 Å². The van der Waals surface area contributed by atoms with Crippen LogP contribution in [-0.4, -0.2) is 39.6 Å². The second kappa shape index (κ2) is 9.91. The van der Waals surface area contributed by atoms with Gasteiger partial charge in [-0.15, -0.1) is 12.4 Å². The van der Waals surface area contributed by atoms with Gasteiger partial charge in [-0.1, -0.05) is 26.7 Å². The molecule has 0 spiro atoms. The van der Waals surface area contributed by atoms with Crippen LogP contribution in [0.1, 0.15) is 56.8 Å². The van der Waals surface area contributed by atoms with Crippen LogP contribution in [0.15, 0.2) is 23.1 Å². The molecule has 0 aromatic heterocycles. The van der Waals surface area contributed by atoms with Crippen molar-refractivity contribution in [3.8, 4) is 5.75 Å². The second-order valence-electron chi connectivity index (χ2n) is 7.70. The molecule has 2 rings (SSSR count). The van der Waals surface area contributed by atoms with Gasteiger partial charge in [-0.2, -0.15) is 0 Å². The van der Waals surface area contributed by atoms with Crippen molar-refractivity contribution in [2.75, 3.05) is 13.7 Å². The van der Waals surface area contributed by atoms with Crippen molar-refractivity contribution in [2.24, 2.45) is 11.7 Å². The van der Waals surface area contributed by atoms with Crippen molar-refractivity contribution in [2.45, 2.75) is 62.9 Å². The largest absolute Gasteiger partial charge is 0.495 e. The van der Waals surface area contributed by atoms with E-state index >= 15 is 0 Å². The lowest BCUT2D eigenvalue weighted by atomic mass is 9.88. The SMILES string of the molecule is COc1ccc(C(=O)NC(C)(CN)C(C)C)cc1S(=O)(=O)NC1CCCC1.Cl. The number of methoxy groups -OCH3 is 1. The van der Waals surface area contributed by atoms with Gasteiger partial charge in [0, 0.05) is 18.2 Å². The summed E-state index contributed by atoms with van der Waals surface area (Å²) in [6, 6.07) is 4.36. The average Bonchev–Trinajstić information content (AvgIpc) is 3.12. The number of hydrogen-bond acceptors (Lipinski definition) is 5. The number of halogens is 1. The van der Waals surface area contributed by atoms with Crippen LogP contribution in [-0.2, 0) is 10.0 Å². The average molecular weight is 434 g/mol. The van der Waals surface area contributed by atoms with E-state index < -0.39 is 15.6 Å². The van der Waals surface area contributed by atoms with E-state index in [4.69, 9.17) is 10.5 Å². The summed E-state index contributed by atoms with van der Waals surface area (Å²) in [5, 5.41) is 2.93. The number of nitrogens with two attached hydrogens (primary N) is 1. The summed E-state index contributed by atoms with van der Waals surface area (Å²) in [6.45, 7) is 6.10. The van der Waals surface area contributed by atoms with Gasteiger partial charge in [0.1, 0.15) is 10.6 Å². The van der Waals surface area contributed by atoms with Gasteiger partial charge < -0.3 is 15.8 Å². The molecular formula is C19H32ClN3O4S. The normalized spacial score (nSPS) is 17.1. The van der Waals surface area contributed by atoms with Crippen LogP contribution in [0.4, 0.5) is 0 Å². The molecule has 1 fully saturated rings. The zero-order valence-corrected chi connectivity index (χ0v) is 18.6. The molecule has 1 saturated carbocycles. The van der Waals surface area contributed by atoms with Crippen LogP contribution in [0.5, 0.6) is 5.75 Å². The Bertz CT molecular complexity index is 779. The predicted octanol–water partition coefficient (Wildman–Crippen LogP) is 2.44. The van der Waals surface area contributed by atoms with Crippen molar-refractivity contribution in [1.82, 2.24) is 10.0 Å². The minimum absolute atomic E-state index is 0. The topological polar surface area (TPSA) is 111 Å². The molecule has 0 bridgehead atoms. The lowest BCUT2D eigenvalue weighted by Crippen LogP contribution is -2.55. The summed E-state index contributed by atoms with van der Waals surface area (Å²) in [6.07, 6.45) is 3.68. The highest BCUT2D eigenvalue weighted by Crippen LogP contribution is 2.27. The maximum atomic E-state index is 12.8. The highest BCUT2D eigenvalue weighted by atomic mass is 35.5. The van der Waals surface area contributed by atoms with Crippen molar-refractivity contribution in [3.63, 3.8) is 0 Å². The molecule has 1 atom stereocenters. The number of nitrogens with one attached hydrogen (secondary N) is 2. The van der Waals surface area contributed by atoms with Gasteiger partial charge in [-0.3, -0.25) is 4.79 Å². The summed E-state index contributed by atoms with van der Waals surface area (Å²) in [7, 11) is -2.38. The number of sulfonamides is 1. The van der Waals surface area contributed by atoms with Crippen LogP contribution < -0.4 is 20.5 Å². The molecule has 7 nitrogen and oxygen atoms in total. The Morgan fingerprint density at radius 3 is 2.43 bits per heavy atom. The minimum Gasteiger partial charge on any atom is -0.495 e. The third kappa shape index (κ3) is 5.59. The molecule has 1 unspecified atom stereocenters. The lowest BCUT2D eigenvalue weighted by molar-refractivity contribution is 0.0883. The molecule has 160 valence electrons. The number of rotatable bonds is 8. The van der Waals surface area contributed by atoms with Crippen LogP contribution in [0.2, 0.25) is 0 Å². The molecule has 1 aliphatic rings. The molecule has 4 N–H and O–H groups in total. The fourth-order valence-corrected chi connectivity index (χ4v) is 4.62. The first-order valence-corrected chi connectivity index (χ1v) is 10.8. The monoisotopic (exact) mass is 433 g/mol. The smallest absolute Gasteiger partial charge is 0.251 e. The summed E-state index contributed by atoms with van der Waals surface area (Å²) >= 11 is 0. The maximum absolute atomic E-state index is 12.8. The summed E-state index contributed by atoms with van der Waals surface area (Å²) in [4.78, 5) is 12.7. The molecule has 1 aliphatic carbocycles. The molecule has 0 saturated heterocycles. The second-order valence-corrected chi connectivity index (χ2v) is 9.38. The Labute approximate surface area is 174 Å². The Morgan fingerprint density at radius 1 is 1.32 bits per heavy atom. The number of benzene rings is 1. The molecular weight excluding hydrogens is 402 g/mol. The fraction of sp³-hybridized carbons (Fsp3) is 0.632. The van der Waals surface area contributed by atoms with E-state index in [1.54, 1.807) is 6.07 Å². The molecule has 1 aromatic rings. The highest BCUT2D eigenvalue weighted by molar-refractivity contribution is 7.89. The van der Waals surface area contributed by atoms with Gasteiger partial charge in [0.05, 0.1) is 12.6 Å². The first-order chi connectivity index (χ1) is 12.6. The standard InChI is InChI=1S/C19H31N3O4S.ClH/c1-13(2)19(3,12-20)21-18(23)14-9-10-16(26-4)17(11-14)27(24,25)22-15-7-5-6-8-15;/h9-11,13,15,22H,5-8,12,20H2,1-4H3,(H,21,23);1H. The maximum Gasteiger partial charge on any atom is 0.251 e. The molecule has 9 heteroatoms. The zero-order chi connectivity index (χ0) is 20.2. The Balaban J connectivity index is 0.00000392. The fourth-order valence-electron chi connectivity index (χ4n) is 3.12. The first kappa shape index (κ1) is 24.7. The molecule has 0 heterocycles. The lowest BCUT2D eigenvalue weighted by Gasteiger charge is -2.33. The van der Waals surface area contributed by atoms with Gasteiger partial charge in [0.2, 0.25) is 10.0 Å². The quantitative estimate of drug-likeness (QED) is 0.583. The van der Waals surface area contributed by atoms with Crippen molar-refractivity contribution in [1.29, 1.82) is 0 Å². The predicted molar refractivity (Wildman–Crippen MR) is 113 cm³/mol. The number of amides is 1.